The largest absolute Gasteiger partial charge is 0.446 e. The molecule has 3 aromatic carbocycles. The summed E-state index contributed by atoms with van der Waals surface area (Å²) in [5.74, 6) is -0.274. The number of piperidine rings is 1. The van der Waals surface area contributed by atoms with Gasteiger partial charge in [0.1, 0.15) is 6.10 Å². The number of anilines is 1. The van der Waals surface area contributed by atoms with Crippen LogP contribution >= 0.6 is 0 Å². The molecule has 0 spiro atoms. The topological polar surface area (TPSA) is 94.2 Å². The van der Waals surface area contributed by atoms with E-state index in [4.69, 9.17) is 4.74 Å². The van der Waals surface area contributed by atoms with E-state index in [1.165, 1.54) is 12.8 Å². The summed E-state index contributed by atoms with van der Waals surface area (Å²) in [6.07, 6.45) is 3.34. The molecule has 2 N–H and O–H groups in total. The van der Waals surface area contributed by atoms with Gasteiger partial charge in [0.25, 0.3) is 11.8 Å². The van der Waals surface area contributed by atoms with E-state index in [1.54, 1.807) is 36.2 Å². The molecule has 0 unspecified atom stereocenters. The number of carbonyl (C=O) groups excluding carboxylic acids is 3. The maximum Gasteiger partial charge on any atom is 0.411 e. The Morgan fingerprint density at radius 2 is 1.55 bits per heavy atom. The molecule has 9 nitrogen and oxygen atoms in total. The highest BCUT2D eigenvalue weighted by atomic mass is 16.6. The van der Waals surface area contributed by atoms with Crippen molar-refractivity contribution in [1.82, 2.24) is 20.0 Å². The van der Waals surface area contributed by atoms with Gasteiger partial charge in [-0.05, 0) is 62.6 Å². The van der Waals surface area contributed by atoms with Gasteiger partial charge in [-0.3, -0.25) is 14.9 Å². The van der Waals surface area contributed by atoms with Crippen LogP contribution in [0.4, 0.5) is 10.5 Å². The predicted octanol–water partition coefficient (Wildman–Crippen LogP) is 4.96. The van der Waals surface area contributed by atoms with Crippen LogP contribution in [-0.2, 0) is 4.74 Å². The van der Waals surface area contributed by atoms with Crippen molar-refractivity contribution < 1.29 is 19.1 Å². The molecule has 0 bridgehead atoms. The molecule has 9 heteroatoms. The number of rotatable bonds is 12. The fraction of sp³-hybridized carbons (Fsp3) is 0.400. The number of likely N-dealkylation sites (N-methyl/N-ethyl adjacent to an activating group) is 2. The number of nitrogens with zero attached hydrogens (tertiary/aromatic N) is 3. The van der Waals surface area contributed by atoms with E-state index in [1.807, 2.05) is 54.6 Å². The third kappa shape index (κ3) is 8.67. The van der Waals surface area contributed by atoms with Crippen molar-refractivity contribution in [2.24, 2.45) is 0 Å². The van der Waals surface area contributed by atoms with Crippen molar-refractivity contribution in [2.75, 3.05) is 58.7 Å². The molecule has 2 fully saturated rings. The molecule has 44 heavy (non-hydrogen) atoms. The fourth-order valence-electron chi connectivity index (χ4n) is 5.56. The van der Waals surface area contributed by atoms with Crippen LogP contribution in [0.3, 0.4) is 0 Å². The van der Waals surface area contributed by atoms with Gasteiger partial charge in [0.05, 0.1) is 5.69 Å². The van der Waals surface area contributed by atoms with Crippen LogP contribution in [0, 0.1) is 0 Å². The number of hydrogen-bond acceptors (Lipinski definition) is 6. The SMILES string of the molecule is CN(CCN1CCC(OC(=O)Nc2ccccc2-c2ccccc2)CC1)C(=O)c1cccc(C(=O)NCCN(C)C2CC2)c1. The molecule has 0 radical (unpaired) electrons. The molecule has 1 heterocycles. The molecule has 3 aromatic rings. The van der Waals surface area contributed by atoms with Gasteiger partial charge in [0.15, 0.2) is 0 Å². The Bertz CT molecular complexity index is 1420. The second-order valence-corrected chi connectivity index (χ2v) is 11.8. The third-order valence-electron chi connectivity index (χ3n) is 8.45. The van der Waals surface area contributed by atoms with E-state index in [0.29, 0.717) is 30.3 Å². The first-order valence-corrected chi connectivity index (χ1v) is 15.6. The Morgan fingerprint density at radius 1 is 0.841 bits per heavy atom. The monoisotopic (exact) mass is 597 g/mol. The van der Waals surface area contributed by atoms with Gasteiger partial charge < -0.3 is 24.8 Å². The van der Waals surface area contributed by atoms with E-state index >= 15 is 0 Å². The summed E-state index contributed by atoms with van der Waals surface area (Å²) in [6.45, 7) is 4.25. The zero-order chi connectivity index (χ0) is 30.9. The number of carbonyl (C=O) groups is 3. The Kier molecular flexibility index (Phi) is 10.6. The molecule has 1 aliphatic heterocycles. The average Bonchev–Trinajstić information content (AvgIpc) is 3.91. The number of para-hydroxylation sites is 1. The van der Waals surface area contributed by atoms with Crippen LogP contribution < -0.4 is 10.6 Å². The lowest BCUT2D eigenvalue weighted by atomic mass is 10.0. The Balaban J connectivity index is 1.03. The molecular weight excluding hydrogens is 554 g/mol. The molecule has 0 aromatic heterocycles. The molecule has 0 atom stereocenters. The van der Waals surface area contributed by atoms with E-state index in [9.17, 15) is 14.4 Å². The summed E-state index contributed by atoms with van der Waals surface area (Å²) in [7, 11) is 3.87. The molecule has 1 saturated heterocycles. The standard InChI is InChI=1S/C35H43N5O4/c1-38(29-15-16-29)22-19-36-33(41)27-11-8-12-28(25-27)34(42)39(2)23-24-40-20-17-30(18-21-40)44-35(43)37-32-14-7-6-13-31(32)26-9-4-3-5-10-26/h3-14,25,29-30H,15-24H2,1-2H3,(H,36,41)(H,37,43). The summed E-state index contributed by atoms with van der Waals surface area (Å²) < 4.78 is 5.76. The van der Waals surface area contributed by atoms with Gasteiger partial charge in [-0.25, -0.2) is 4.79 Å². The molecule has 2 aliphatic rings. The van der Waals surface area contributed by atoms with Crippen molar-refractivity contribution >= 4 is 23.6 Å². The highest BCUT2D eigenvalue weighted by Crippen LogP contribution is 2.28. The van der Waals surface area contributed by atoms with Crippen molar-refractivity contribution in [3.8, 4) is 11.1 Å². The van der Waals surface area contributed by atoms with Gasteiger partial charge >= 0.3 is 6.09 Å². The first-order chi connectivity index (χ1) is 21.4. The van der Waals surface area contributed by atoms with Crippen molar-refractivity contribution in [3.05, 3.63) is 90.0 Å². The molecule has 5 rings (SSSR count). The van der Waals surface area contributed by atoms with E-state index in [0.717, 1.165) is 55.8 Å². The van der Waals surface area contributed by atoms with Crippen LogP contribution in [0.1, 0.15) is 46.4 Å². The summed E-state index contributed by atoms with van der Waals surface area (Å²) in [4.78, 5) is 44.8. The summed E-state index contributed by atoms with van der Waals surface area (Å²) in [6, 6.07) is 25.2. The molecule has 1 saturated carbocycles. The Morgan fingerprint density at radius 3 is 2.30 bits per heavy atom. The second-order valence-electron chi connectivity index (χ2n) is 11.8. The minimum absolute atomic E-state index is 0.112. The highest BCUT2D eigenvalue weighted by Gasteiger charge is 2.26. The Labute approximate surface area is 260 Å². The summed E-state index contributed by atoms with van der Waals surface area (Å²) in [5.41, 5.74) is 3.69. The summed E-state index contributed by atoms with van der Waals surface area (Å²) in [5, 5.41) is 5.89. The van der Waals surface area contributed by atoms with Gasteiger partial charge in [0.2, 0.25) is 0 Å². The number of nitrogens with one attached hydrogen (secondary N) is 2. The normalized spacial score (nSPS) is 15.5. The van der Waals surface area contributed by atoms with E-state index in [-0.39, 0.29) is 17.9 Å². The number of likely N-dealkylation sites (tertiary alicyclic amines) is 1. The first kappa shape index (κ1) is 31.2. The van der Waals surface area contributed by atoms with Crippen molar-refractivity contribution in [2.45, 2.75) is 37.8 Å². The number of ether oxygens (including phenoxy) is 1. The van der Waals surface area contributed by atoms with E-state index in [2.05, 4.69) is 27.5 Å². The van der Waals surface area contributed by atoms with Crippen molar-refractivity contribution in [1.29, 1.82) is 0 Å². The lowest BCUT2D eigenvalue weighted by molar-refractivity contribution is 0.0540. The smallest absolute Gasteiger partial charge is 0.411 e. The Hall–Kier alpha value is -4.21. The third-order valence-corrected chi connectivity index (χ3v) is 8.45. The fourth-order valence-corrected chi connectivity index (χ4v) is 5.56. The summed E-state index contributed by atoms with van der Waals surface area (Å²) >= 11 is 0. The minimum atomic E-state index is -0.446. The molecular formula is C35H43N5O4. The maximum atomic E-state index is 13.1. The van der Waals surface area contributed by atoms with E-state index < -0.39 is 6.09 Å². The number of amides is 3. The number of hydrogen-bond donors (Lipinski definition) is 2. The second kappa shape index (κ2) is 15.0. The highest BCUT2D eigenvalue weighted by molar-refractivity contribution is 5.99. The zero-order valence-corrected chi connectivity index (χ0v) is 25.7. The van der Waals surface area contributed by atoms with Crippen molar-refractivity contribution in [3.63, 3.8) is 0 Å². The van der Waals surface area contributed by atoms with Crippen LogP contribution in [-0.4, -0.2) is 98.1 Å². The number of benzene rings is 3. The minimum Gasteiger partial charge on any atom is -0.446 e. The van der Waals surface area contributed by atoms with Gasteiger partial charge in [0, 0.05) is 69.0 Å². The molecule has 232 valence electrons. The molecule has 3 amide bonds. The lowest BCUT2D eigenvalue weighted by Crippen LogP contribution is -2.42. The van der Waals surface area contributed by atoms with Gasteiger partial charge in [-0.15, -0.1) is 0 Å². The van der Waals surface area contributed by atoms with Crippen LogP contribution in [0.5, 0.6) is 0 Å². The van der Waals surface area contributed by atoms with Gasteiger partial charge in [-0.1, -0.05) is 54.6 Å². The quantitative estimate of drug-likeness (QED) is 0.307. The van der Waals surface area contributed by atoms with Crippen LogP contribution in [0.15, 0.2) is 78.9 Å². The zero-order valence-electron chi connectivity index (χ0n) is 25.7. The first-order valence-electron chi connectivity index (χ1n) is 15.6. The van der Waals surface area contributed by atoms with Crippen LogP contribution in [0.25, 0.3) is 11.1 Å². The van der Waals surface area contributed by atoms with Crippen LogP contribution in [0.2, 0.25) is 0 Å². The molecule has 1 aliphatic carbocycles. The van der Waals surface area contributed by atoms with Gasteiger partial charge in [-0.2, -0.15) is 0 Å². The average molecular weight is 598 g/mol. The predicted molar refractivity (Wildman–Crippen MR) is 173 cm³/mol. The maximum absolute atomic E-state index is 13.1. The lowest BCUT2D eigenvalue weighted by Gasteiger charge is -2.32.